The Hall–Kier alpha value is -1.06. The minimum atomic E-state index is -0.769. The standard InChI is InChI=1S/C13H19NO2.ClH/c1-3-5-12(13(15)16)14-9-11-7-4-6-10(2)8-11;/h4,6-8,12,14H,3,5,9H2,1-2H3,(H,15,16);1H. The average molecular weight is 258 g/mol. The monoisotopic (exact) mass is 257 g/mol. The van der Waals surface area contributed by atoms with E-state index in [0.29, 0.717) is 13.0 Å². The second kappa shape index (κ2) is 8.09. The molecule has 0 fully saturated rings. The van der Waals surface area contributed by atoms with Crippen LogP contribution in [0.15, 0.2) is 24.3 Å². The van der Waals surface area contributed by atoms with E-state index in [1.165, 1.54) is 5.56 Å². The van der Waals surface area contributed by atoms with Crippen molar-refractivity contribution in [3.05, 3.63) is 35.4 Å². The molecule has 0 amide bonds. The van der Waals surface area contributed by atoms with Crippen LogP contribution in [-0.2, 0) is 11.3 Å². The first kappa shape index (κ1) is 15.9. The van der Waals surface area contributed by atoms with E-state index < -0.39 is 12.0 Å². The van der Waals surface area contributed by atoms with Crippen LogP contribution in [0.5, 0.6) is 0 Å². The van der Waals surface area contributed by atoms with Gasteiger partial charge in [-0.25, -0.2) is 0 Å². The second-order valence-corrected chi connectivity index (χ2v) is 4.05. The quantitative estimate of drug-likeness (QED) is 0.824. The van der Waals surface area contributed by atoms with Crippen LogP contribution in [0.1, 0.15) is 30.9 Å². The molecule has 1 unspecified atom stereocenters. The summed E-state index contributed by atoms with van der Waals surface area (Å²) in [5, 5.41) is 12.0. The van der Waals surface area contributed by atoms with Gasteiger partial charge >= 0.3 is 5.97 Å². The van der Waals surface area contributed by atoms with E-state index in [0.717, 1.165) is 12.0 Å². The van der Waals surface area contributed by atoms with E-state index in [-0.39, 0.29) is 12.4 Å². The van der Waals surface area contributed by atoms with E-state index in [2.05, 4.69) is 11.4 Å². The first-order chi connectivity index (χ1) is 7.63. The number of hydrogen-bond donors (Lipinski definition) is 2. The van der Waals surface area contributed by atoms with E-state index in [1.54, 1.807) is 0 Å². The summed E-state index contributed by atoms with van der Waals surface area (Å²) in [4.78, 5) is 10.9. The maximum atomic E-state index is 10.9. The number of nitrogens with one attached hydrogen (secondary N) is 1. The molecular formula is C13H20ClNO2. The topological polar surface area (TPSA) is 49.3 Å². The van der Waals surface area contributed by atoms with Gasteiger partial charge in [0.1, 0.15) is 6.04 Å². The van der Waals surface area contributed by atoms with Gasteiger partial charge in [0, 0.05) is 6.54 Å². The van der Waals surface area contributed by atoms with Crippen molar-refractivity contribution in [2.75, 3.05) is 0 Å². The van der Waals surface area contributed by atoms with Crippen molar-refractivity contribution in [1.82, 2.24) is 5.32 Å². The molecule has 0 spiro atoms. The molecule has 0 aliphatic carbocycles. The lowest BCUT2D eigenvalue weighted by Gasteiger charge is -2.13. The van der Waals surface area contributed by atoms with E-state index in [1.807, 2.05) is 32.0 Å². The summed E-state index contributed by atoms with van der Waals surface area (Å²) in [5.74, 6) is -0.769. The Labute approximate surface area is 109 Å². The first-order valence-corrected chi connectivity index (χ1v) is 5.65. The number of hydrogen-bond acceptors (Lipinski definition) is 2. The number of benzene rings is 1. The Kier molecular flexibility index (Phi) is 7.59. The lowest BCUT2D eigenvalue weighted by atomic mass is 10.1. The molecule has 4 heteroatoms. The van der Waals surface area contributed by atoms with Crippen LogP contribution in [0, 0.1) is 6.92 Å². The van der Waals surface area contributed by atoms with Crippen LogP contribution in [0.4, 0.5) is 0 Å². The molecule has 0 bridgehead atoms. The van der Waals surface area contributed by atoms with Crippen molar-refractivity contribution >= 4 is 18.4 Å². The molecule has 0 aromatic heterocycles. The maximum Gasteiger partial charge on any atom is 0.320 e. The number of aliphatic carboxylic acids is 1. The first-order valence-electron chi connectivity index (χ1n) is 5.65. The van der Waals surface area contributed by atoms with E-state index >= 15 is 0 Å². The minimum absolute atomic E-state index is 0. The Balaban J connectivity index is 0.00000256. The number of carbonyl (C=O) groups is 1. The van der Waals surface area contributed by atoms with Crippen molar-refractivity contribution in [2.24, 2.45) is 0 Å². The van der Waals surface area contributed by atoms with Crippen molar-refractivity contribution in [3.8, 4) is 0 Å². The summed E-state index contributed by atoms with van der Waals surface area (Å²) in [7, 11) is 0. The SMILES string of the molecule is CCCC(NCc1cccc(C)c1)C(=O)O.Cl. The number of carboxylic acid groups (broad SMARTS) is 1. The molecule has 0 saturated heterocycles. The predicted molar refractivity (Wildman–Crippen MR) is 71.6 cm³/mol. The molecule has 1 aromatic carbocycles. The van der Waals surface area contributed by atoms with Crippen molar-refractivity contribution < 1.29 is 9.90 Å². The zero-order valence-electron chi connectivity index (χ0n) is 10.3. The van der Waals surface area contributed by atoms with E-state index in [9.17, 15) is 4.79 Å². The minimum Gasteiger partial charge on any atom is -0.480 e. The fourth-order valence-corrected chi connectivity index (χ4v) is 1.66. The molecule has 96 valence electrons. The normalized spacial score (nSPS) is 11.6. The fraction of sp³-hybridized carbons (Fsp3) is 0.462. The third kappa shape index (κ3) is 5.71. The van der Waals surface area contributed by atoms with Gasteiger partial charge in [0.05, 0.1) is 0 Å². The third-order valence-electron chi connectivity index (χ3n) is 2.51. The van der Waals surface area contributed by atoms with Crippen LogP contribution < -0.4 is 5.32 Å². The van der Waals surface area contributed by atoms with Crippen molar-refractivity contribution in [1.29, 1.82) is 0 Å². The van der Waals surface area contributed by atoms with Gasteiger partial charge in [-0.3, -0.25) is 4.79 Å². The Morgan fingerprint density at radius 1 is 1.47 bits per heavy atom. The van der Waals surface area contributed by atoms with Crippen LogP contribution in [-0.4, -0.2) is 17.1 Å². The lowest BCUT2D eigenvalue weighted by molar-refractivity contribution is -0.139. The molecule has 1 rings (SSSR count). The van der Waals surface area contributed by atoms with Crippen molar-refractivity contribution in [3.63, 3.8) is 0 Å². The molecule has 17 heavy (non-hydrogen) atoms. The van der Waals surface area contributed by atoms with Crippen LogP contribution in [0.2, 0.25) is 0 Å². The summed E-state index contributed by atoms with van der Waals surface area (Å²) in [6.45, 7) is 4.63. The number of rotatable bonds is 6. The largest absolute Gasteiger partial charge is 0.480 e. The zero-order chi connectivity index (χ0) is 12.0. The molecule has 0 aliphatic rings. The fourth-order valence-electron chi connectivity index (χ4n) is 1.66. The highest BCUT2D eigenvalue weighted by atomic mass is 35.5. The lowest BCUT2D eigenvalue weighted by Crippen LogP contribution is -2.35. The summed E-state index contributed by atoms with van der Waals surface area (Å²) in [6.07, 6.45) is 1.54. The van der Waals surface area contributed by atoms with Crippen LogP contribution >= 0.6 is 12.4 Å². The summed E-state index contributed by atoms with van der Waals surface area (Å²) < 4.78 is 0. The highest BCUT2D eigenvalue weighted by Gasteiger charge is 2.14. The summed E-state index contributed by atoms with van der Waals surface area (Å²) in [5.41, 5.74) is 2.32. The average Bonchev–Trinajstić information content (AvgIpc) is 2.24. The molecule has 0 heterocycles. The summed E-state index contributed by atoms with van der Waals surface area (Å²) >= 11 is 0. The second-order valence-electron chi connectivity index (χ2n) is 4.05. The Morgan fingerprint density at radius 2 is 2.18 bits per heavy atom. The molecular weight excluding hydrogens is 238 g/mol. The molecule has 0 aliphatic heterocycles. The Morgan fingerprint density at radius 3 is 2.71 bits per heavy atom. The number of aryl methyl sites for hydroxylation is 1. The van der Waals surface area contributed by atoms with Gasteiger partial charge in [-0.2, -0.15) is 0 Å². The molecule has 1 atom stereocenters. The van der Waals surface area contributed by atoms with Crippen LogP contribution in [0.25, 0.3) is 0 Å². The van der Waals surface area contributed by atoms with Gasteiger partial charge in [-0.05, 0) is 18.9 Å². The van der Waals surface area contributed by atoms with Gasteiger partial charge < -0.3 is 10.4 Å². The maximum absolute atomic E-state index is 10.9. The number of halogens is 1. The predicted octanol–water partition coefficient (Wildman–Crippen LogP) is 2.76. The number of carboxylic acids is 1. The van der Waals surface area contributed by atoms with Gasteiger partial charge in [0.25, 0.3) is 0 Å². The van der Waals surface area contributed by atoms with Gasteiger partial charge in [0.2, 0.25) is 0 Å². The van der Waals surface area contributed by atoms with Crippen LogP contribution in [0.3, 0.4) is 0 Å². The highest BCUT2D eigenvalue weighted by Crippen LogP contribution is 2.05. The smallest absolute Gasteiger partial charge is 0.320 e. The van der Waals surface area contributed by atoms with Gasteiger partial charge in [-0.15, -0.1) is 12.4 Å². The molecule has 1 aromatic rings. The van der Waals surface area contributed by atoms with Gasteiger partial charge in [0.15, 0.2) is 0 Å². The third-order valence-corrected chi connectivity index (χ3v) is 2.51. The summed E-state index contributed by atoms with van der Waals surface area (Å²) in [6, 6.07) is 7.65. The Bertz CT molecular complexity index is 355. The zero-order valence-corrected chi connectivity index (χ0v) is 11.1. The van der Waals surface area contributed by atoms with Gasteiger partial charge in [-0.1, -0.05) is 43.2 Å². The molecule has 0 radical (unpaired) electrons. The molecule has 3 nitrogen and oxygen atoms in total. The van der Waals surface area contributed by atoms with E-state index in [4.69, 9.17) is 5.11 Å². The van der Waals surface area contributed by atoms with Crippen molar-refractivity contribution in [2.45, 2.75) is 39.3 Å². The molecule has 0 saturated carbocycles. The highest BCUT2D eigenvalue weighted by molar-refractivity contribution is 5.85. The molecule has 2 N–H and O–H groups in total.